The third-order valence-electron chi connectivity index (χ3n) is 3.08. The molecule has 0 atom stereocenters. The molecule has 0 aliphatic heterocycles. The van der Waals surface area contributed by atoms with Crippen molar-refractivity contribution in [1.29, 1.82) is 0 Å². The molecule has 2 N–H and O–H groups in total. The summed E-state index contributed by atoms with van der Waals surface area (Å²) in [6.07, 6.45) is 0. The summed E-state index contributed by atoms with van der Waals surface area (Å²) in [5, 5.41) is 6.27. The van der Waals surface area contributed by atoms with Crippen LogP contribution in [0.3, 0.4) is 0 Å². The summed E-state index contributed by atoms with van der Waals surface area (Å²) in [7, 11) is 6.55. The Hall–Kier alpha value is -1.97. The number of carbonyl (C=O) groups excluding carboxylic acids is 1. The number of ether oxygens (including phenoxy) is 2. The standard InChI is InChI=1S/C17H26N4O3.HI/c1-12(2)10-18-17(19-11-16(22)21(3)4)20-13-7-8-14(23-5)15(9-13)24-6;/h7-9H,1,10-11H2,2-6H3,(H2,18,19,20);1H. The molecule has 7 nitrogen and oxygen atoms in total. The molecule has 1 rings (SSSR count). The van der Waals surface area contributed by atoms with Gasteiger partial charge in [-0.2, -0.15) is 0 Å². The maximum atomic E-state index is 11.7. The third kappa shape index (κ3) is 8.10. The highest BCUT2D eigenvalue weighted by atomic mass is 127. The lowest BCUT2D eigenvalue weighted by Gasteiger charge is -2.15. The summed E-state index contributed by atoms with van der Waals surface area (Å²) in [6, 6.07) is 5.43. The zero-order chi connectivity index (χ0) is 18.1. The quantitative estimate of drug-likeness (QED) is 0.282. The van der Waals surface area contributed by atoms with Gasteiger partial charge in [0.2, 0.25) is 5.91 Å². The van der Waals surface area contributed by atoms with Gasteiger partial charge in [0.25, 0.3) is 0 Å². The normalized spacial score (nSPS) is 10.4. The Labute approximate surface area is 166 Å². The van der Waals surface area contributed by atoms with Crippen LogP contribution in [0.15, 0.2) is 35.3 Å². The molecule has 0 aromatic heterocycles. The first-order chi connectivity index (χ1) is 11.4. The van der Waals surface area contributed by atoms with Crippen molar-refractivity contribution in [1.82, 2.24) is 10.2 Å². The number of hydrogen-bond acceptors (Lipinski definition) is 4. The van der Waals surface area contributed by atoms with Crippen LogP contribution in [0.2, 0.25) is 0 Å². The number of rotatable bonds is 7. The minimum Gasteiger partial charge on any atom is -0.493 e. The number of halogens is 1. The third-order valence-corrected chi connectivity index (χ3v) is 3.08. The first-order valence-electron chi connectivity index (χ1n) is 7.49. The molecule has 0 saturated carbocycles. The number of amides is 1. The lowest BCUT2D eigenvalue weighted by molar-refractivity contribution is -0.127. The summed E-state index contributed by atoms with van der Waals surface area (Å²) in [4.78, 5) is 17.5. The first-order valence-corrected chi connectivity index (χ1v) is 7.49. The minimum absolute atomic E-state index is 0. The number of methoxy groups -OCH3 is 2. The molecule has 0 heterocycles. The Balaban J connectivity index is 0.00000576. The Bertz CT molecular complexity index is 618. The van der Waals surface area contributed by atoms with E-state index in [9.17, 15) is 4.79 Å². The largest absolute Gasteiger partial charge is 0.493 e. The van der Waals surface area contributed by atoms with Gasteiger partial charge in [0, 0.05) is 32.4 Å². The first kappa shape index (κ1) is 23.0. The van der Waals surface area contributed by atoms with Gasteiger partial charge in [-0.15, -0.1) is 24.0 Å². The molecule has 140 valence electrons. The van der Waals surface area contributed by atoms with Crippen LogP contribution in [0.1, 0.15) is 6.92 Å². The molecule has 0 bridgehead atoms. The van der Waals surface area contributed by atoms with Gasteiger partial charge in [0.15, 0.2) is 17.5 Å². The average Bonchev–Trinajstić information content (AvgIpc) is 2.56. The smallest absolute Gasteiger partial charge is 0.243 e. The van der Waals surface area contributed by atoms with E-state index in [0.29, 0.717) is 24.0 Å². The van der Waals surface area contributed by atoms with Gasteiger partial charge in [-0.25, -0.2) is 4.99 Å². The van der Waals surface area contributed by atoms with Crippen LogP contribution in [-0.4, -0.2) is 58.2 Å². The molecule has 0 fully saturated rings. The molecular weight excluding hydrogens is 435 g/mol. The van der Waals surface area contributed by atoms with E-state index in [4.69, 9.17) is 9.47 Å². The van der Waals surface area contributed by atoms with E-state index >= 15 is 0 Å². The zero-order valence-electron chi connectivity index (χ0n) is 15.4. The van der Waals surface area contributed by atoms with Crippen molar-refractivity contribution in [2.24, 2.45) is 4.99 Å². The van der Waals surface area contributed by atoms with Crippen molar-refractivity contribution in [2.75, 3.05) is 46.7 Å². The van der Waals surface area contributed by atoms with Crippen LogP contribution in [0.5, 0.6) is 11.5 Å². The molecule has 0 saturated heterocycles. The van der Waals surface area contributed by atoms with Crippen molar-refractivity contribution < 1.29 is 14.3 Å². The van der Waals surface area contributed by atoms with Gasteiger partial charge in [-0.3, -0.25) is 4.79 Å². The molecule has 0 unspecified atom stereocenters. The van der Waals surface area contributed by atoms with E-state index in [-0.39, 0.29) is 36.4 Å². The highest BCUT2D eigenvalue weighted by Gasteiger charge is 2.08. The second kappa shape index (κ2) is 11.6. The zero-order valence-corrected chi connectivity index (χ0v) is 17.7. The van der Waals surface area contributed by atoms with E-state index in [0.717, 1.165) is 11.3 Å². The van der Waals surface area contributed by atoms with Gasteiger partial charge < -0.3 is 25.0 Å². The fourth-order valence-electron chi connectivity index (χ4n) is 1.71. The van der Waals surface area contributed by atoms with Gasteiger partial charge >= 0.3 is 0 Å². The number of guanidine groups is 1. The summed E-state index contributed by atoms with van der Waals surface area (Å²) >= 11 is 0. The lowest BCUT2D eigenvalue weighted by Crippen LogP contribution is -2.34. The van der Waals surface area contributed by atoms with Crippen LogP contribution < -0.4 is 20.1 Å². The molecule has 0 radical (unpaired) electrons. The van der Waals surface area contributed by atoms with E-state index < -0.39 is 0 Å². The number of anilines is 1. The maximum Gasteiger partial charge on any atom is 0.243 e. The number of nitrogens with zero attached hydrogens (tertiary/aromatic N) is 2. The SMILES string of the molecule is C=C(C)CNC(=NCC(=O)N(C)C)Nc1ccc(OC)c(OC)c1.I. The molecule has 8 heteroatoms. The predicted molar refractivity (Wildman–Crippen MR) is 112 cm³/mol. The van der Waals surface area contributed by atoms with Crippen molar-refractivity contribution >= 4 is 41.5 Å². The maximum absolute atomic E-state index is 11.7. The van der Waals surface area contributed by atoms with Gasteiger partial charge in [0.05, 0.1) is 14.2 Å². The number of aliphatic imine (C=N–C) groups is 1. The monoisotopic (exact) mass is 462 g/mol. The van der Waals surface area contributed by atoms with Crippen LogP contribution in [0.25, 0.3) is 0 Å². The summed E-state index contributed by atoms with van der Waals surface area (Å²) in [5.41, 5.74) is 1.72. The average molecular weight is 462 g/mol. The second-order valence-electron chi connectivity index (χ2n) is 5.46. The molecular formula is C17H27IN4O3. The van der Waals surface area contributed by atoms with Gasteiger partial charge in [-0.1, -0.05) is 12.2 Å². The molecule has 0 aliphatic rings. The van der Waals surface area contributed by atoms with Crippen LogP contribution in [-0.2, 0) is 4.79 Å². The fourth-order valence-corrected chi connectivity index (χ4v) is 1.71. The lowest BCUT2D eigenvalue weighted by atomic mass is 10.2. The van der Waals surface area contributed by atoms with E-state index in [2.05, 4.69) is 22.2 Å². The van der Waals surface area contributed by atoms with Crippen molar-refractivity contribution in [3.8, 4) is 11.5 Å². The summed E-state index contributed by atoms with van der Waals surface area (Å²) < 4.78 is 10.5. The van der Waals surface area contributed by atoms with Gasteiger partial charge in [-0.05, 0) is 19.1 Å². The van der Waals surface area contributed by atoms with Crippen LogP contribution >= 0.6 is 24.0 Å². The summed E-state index contributed by atoms with van der Waals surface area (Å²) in [5.74, 6) is 1.64. The van der Waals surface area contributed by atoms with Crippen LogP contribution in [0.4, 0.5) is 5.69 Å². The predicted octanol–water partition coefficient (Wildman–Crippen LogP) is 2.34. The number of benzene rings is 1. The minimum atomic E-state index is -0.0845. The fraction of sp³-hybridized carbons (Fsp3) is 0.412. The molecule has 1 aromatic carbocycles. The van der Waals surface area contributed by atoms with Crippen LogP contribution in [0, 0.1) is 0 Å². The number of nitrogens with one attached hydrogen (secondary N) is 2. The highest BCUT2D eigenvalue weighted by Crippen LogP contribution is 2.29. The van der Waals surface area contributed by atoms with E-state index in [1.165, 1.54) is 4.90 Å². The highest BCUT2D eigenvalue weighted by molar-refractivity contribution is 14.0. The topological polar surface area (TPSA) is 75.2 Å². The van der Waals surface area contributed by atoms with E-state index in [1.807, 2.05) is 13.0 Å². The van der Waals surface area contributed by atoms with Crippen molar-refractivity contribution in [3.63, 3.8) is 0 Å². The molecule has 1 aromatic rings. The Morgan fingerprint density at radius 3 is 2.40 bits per heavy atom. The summed E-state index contributed by atoms with van der Waals surface area (Å²) in [6.45, 7) is 6.36. The molecule has 1 amide bonds. The number of hydrogen-bond donors (Lipinski definition) is 2. The van der Waals surface area contributed by atoms with Crippen molar-refractivity contribution in [2.45, 2.75) is 6.92 Å². The molecule has 0 spiro atoms. The molecule has 25 heavy (non-hydrogen) atoms. The Morgan fingerprint density at radius 2 is 1.88 bits per heavy atom. The second-order valence-corrected chi connectivity index (χ2v) is 5.46. The molecule has 0 aliphatic carbocycles. The number of likely N-dealkylation sites (N-methyl/N-ethyl adjacent to an activating group) is 1. The Kier molecular flexibility index (Phi) is 10.7. The number of carbonyl (C=O) groups is 1. The van der Waals surface area contributed by atoms with E-state index in [1.54, 1.807) is 40.4 Å². The Morgan fingerprint density at radius 1 is 1.24 bits per heavy atom. The van der Waals surface area contributed by atoms with Crippen molar-refractivity contribution in [3.05, 3.63) is 30.4 Å². The van der Waals surface area contributed by atoms with Gasteiger partial charge in [0.1, 0.15) is 6.54 Å².